The van der Waals surface area contributed by atoms with E-state index in [9.17, 15) is 19.5 Å². The molecule has 154 valence electrons. The first kappa shape index (κ1) is 21.9. The second-order valence-corrected chi connectivity index (χ2v) is 6.63. The molecule has 3 N–H and O–H groups in total. The van der Waals surface area contributed by atoms with Gasteiger partial charge in [0.2, 0.25) is 5.91 Å². The molecule has 0 heterocycles. The fourth-order valence-corrected chi connectivity index (χ4v) is 2.98. The molecule has 0 aliphatic carbocycles. The van der Waals surface area contributed by atoms with Crippen molar-refractivity contribution in [3.05, 3.63) is 65.2 Å². The standard InChI is InChI=1S/C22H26N2O5/c1-23-21(26)17-8-5-6-15(12-17)10-11-20(25)24-14-18(22(27)28)13-16-7-3-4-9-19(16)29-2/h3-9,12,18H,10-11,13-14H2,1-2H3,(H,23,26)(H,24,25)(H,27,28). The number of ether oxygens (including phenoxy) is 1. The number of nitrogens with one attached hydrogen (secondary N) is 2. The smallest absolute Gasteiger partial charge is 0.308 e. The predicted octanol–water partition coefficient (Wildman–Crippen LogP) is 2.05. The van der Waals surface area contributed by atoms with E-state index in [1.54, 1.807) is 31.3 Å². The highest BCUT2D eigenvalue weighted by Gasteiger charge is 2.20. The first-order chi connectivity index (χ1) is 13.9. The van der Waals surface area contributed by atoms with Crippen molar-refractivity contribution in [2.24, 2.45) is 5.92 Å². The molecule has 0 spiro atoms. The van der Waals surface area contributed by atoms with E-state index in [-0.39, 0.29) is 31.2 Å². The predicted molar refractivity (Wildman–Crippen MR) is 109 cm³/mol. The van der Waals surface area contributed by atoms with Gasteiger partial charge in [-0.1, -0.05) is 30.3 Å². The van der Waals surface area contributed by atoms with Gasteiger partial charge in [-0.25, -0.2) is 0 Å². The molecular weight excluding hydrogens is 372 g/mol. The number of benzene rings is 2. The lowest BCUT2D eigenvalue weighted by Crippen LogP contribution is -2.34. The van der Waals surface area contributed by atoms with Crippen LogP contribution >= 0.6 is 0 Å². The molecule has 0 aliphatic heterocycles. The van der Waals surface area contributed by atoms with E-state index in [4.69, 9.17) is 4.74 Å². The number of carboxylic acids is 1. The van der Waals surface area contributed by atoms with Crippen molar-refractivity contribution < 1.29 is 24.2 Å². The number of carbonyl (C=O) groups excluding carboxylic acids is 2. The van der Waals surface area contributed by atoms with Gasteiger partial charge in [0, 0.05) is 25.6 Å². The van der Waals surface area contributed by atoms with E-state index >= 15 is 0 Å². The fourth-order valence-electron chi connectivity index (χ4n) is 2.98. The molecule has 7 nitrogen and oxygen atoms in total. The van der Waals surface area contributed by atoms with Crippen LogP contribution < -0.4 is 15.4 Å². The zero-order valence-corrected chi connectivity index (χ0v) is 16.6. The van der Waals surface area contributed by atoms with Gasteiger partial charge in [0.05, 0.1) is 13.0 Å². The molecule has 2 amide bonds. The second kappa shape index (κ2) is 10.8. The van der Waals surface area contributed by atoms with Gasteiger partial charge in [-0.05, 0) is 42.2 Å². The number of rotatable bonds is 10. The number of hydrogen-bond donors (Lipinski definition) is 3. The lowest BCUT2D eigenvalue weighted by atomic mass is 9.98. The molecule has 0 bridgehead atoms. The van der Waals surface area contributed by atoms with Crippen molar-refractivity contribution in [1.29, 1.82) is 0 Å². The maximum absolute atomic E-state index is 12.2. The Morgan fingerprint density at radius 1 is 1.10 bits per heavy atom. The Morgan fingerprint density at radius 3 is 2.55 bits per heavy atom. The highest BCUT2D eigenvalue weighted by atomic mass is 16.5. The highest BCUT2D eigenvalue weighted by Crippen LogP contribution is 2.21. The monoisotopic (exact) mass is 398 g/mol. The van der Waals surface area contributed by atoms with Gasteiger partial charge < -0.3 is 20.5 Å². The molecule has 29 heavy (non-hydrogen) atoms. The Bertz CT molecular complexity index is 866. The van der Waals surface area contributed by atoms with Crippen LogP contribution in [-0.2, 0) is 22.4 Å². The van der Waals surface area contributed by atoms with Gasteiger partial charge in [-0.3, -0.25) is 14.4 Å². The SMILES string of the molecule is CNC(=O)c1cccc(CCC(=O)NCC(Cc2ccccc2OC)C(=O)O)c1. The van der Waals surface area contributed by atoms with Gasteiger partial charge in [-0.15, -0.1) is 0 Å². The van der Waals surface area contributed by atoms with Crippen LogP contribution in [-0.4, -0.2) is 43.6 Å². The summed E-state index contributed by atoms with van der Waals surface area (Å²) in [6, 6.07) is 14.3. The minimum absolute atomic E-state index is 0.0322. The van der Waals surface area contributed by atoms with Crippen molar-refractivity contribution in [1.82, 2.24) is 10.6 Å². The summed E-state index contributed by atoms with van der Waals surface area (Å²) in [5, 5.41) is 14.8. The van der Waals surface area contributed by atoms with E-state index in [2.05, 4.69) is 10.6 Å². The number of carboxylic acid groups (broad SMARTS) is 1. The van der Waals surface area contributed by atoms with Crippen molar-refractivity contribution in [2.75, 3.05) is 20.7 Å². The normalized spacial score (nSPS) is 11.4. The molecule has 2 aromatic carbocycles. The van der Waals surface area contributed by atoms with Crippen molar-refractivity contribution in [3.63, 3.8) is 0 Å². The molecular formula is C22H26N2O5. The molecule has 2 rings (SSSR count). The molecule has 0 aromatic heterocycles. The summed E-state index contributed by atoms with van der Waals surface area (Å²) in [5.74, 6) is -1.53. The van der Waals surface area contributed by atoms with Crippen LogP contribution in [0.5, 0.6) is 5.75 Å². The molecule has 0 fully saturated rings. The van der Waals surface area contributed by atoms with E-state index in [1.807, 2.05) is 24.3 Å². The van der Waals surface area contributed by atoms with Gasteiger partial charge in [0.1, 0.15) is 5.75 Å². The zero-order chi connectivity index (χ0) is 21.2. The topological polar surface area (TPSA) is 105 Å². The van der Waals surface area contributed by atoms with Gasteiger partial charge in [0.25, 0.3) is 5.91 Å². The number of amides is 2. The first-order valence-electron chi connectivity index (χ1n) is 9.37. The number of methoxy groups -OCH3 is 1. The fraction of sp³-hybridized carbons (Fsp3) is 0.318. The third kappa shape index (κ3) is 6.64. The minimum atomic E-state index is -0.977. The molecule has 0 aliphatic rings. The zero-order valence-electron chi connectivity index (χ0n) is 16.6. The van der Waals surface area contributed by atoms with E-state index in [0.29, 0.717) is 17.7 Å². The van der Waals surface area contributed by atoms with E-state index in [0.717, 1.165) is 11.1 Å². The molecule has 0 saturated heterocycles. The van der Waals surface area contributed by atoms with E-state index in [1.165, 1.54) is 7.11 Å². The highest BCUT2D eigenvalue weighted by molar-refractivity contribution is 5.94. The summed E-state index contributed by atoms with van der Waals surface area (Å²) in [6.07, 6.45) is 0.924. The summed E-state index contributed by atoms with van der Waals surface area (Å²) in [6.45, 7) is 0.0322. The van der Waals surface area contributed by atoms with Gasteiger partial charge >= 0.3 is 5.97 Å². The van der Waals surface area contributed by atoms with Crippen LogP contribution in [0.25, 0.3) is 0 Å². The lowest BCUT2D eigenvalue weighted by Gasteiger charge is -2.15. The summed E-state index contributed by atoms with van der Waals surface area (Å²) in [5.41, 5.74) is 2.18. The third-order valence-electron chi connectivity index (χ3n) is 4.61. The lowest BCUT2D eigenvalue weighted by molar-refractivity contribution is -0.141. The number of hydrogen-bond acceptors (Lipinski definition) is 4. The van der Waals surface area contributed by atoms with Crippen molar-refractivity contribution >= 4 is 17.8 Å². The Hall–Kier alpha value is -3.35. The van der Waals surface area contributed by atoms with Crippen LogP contribution in [0.2, 0.25) is 0 Å². The maximum atomic E-state index is 12.2. The number of para-hydroxylation sites is 1. The Morgan fingerprint density at radius 2 is 1.86 bits per heavy atom. The average molecular weight is 398 g/mol. The molecule has 0 saturated carbocycles. The average Bonchev–Trinajstić information content (AvgIpc) is 2.74. The summed E-state index contributed by atoms with van der Waals surface area (Å²) in [7, 11) is 3.10. The summed E-state index contributed by atoms with van der Waals surface area (Å²) in [4.78, 5) is 35.5. The van der Waals surface area contributed by atoms with Crippen LogP contribution in [0, 0.1) is 5.92 Å². The minimum Gasteiger partial charge on any atom is -0.496 e. The third-order valence-corrected chi connectivity index (χ3v) is 4.61. The van der Waals surface area contributed by atoms with Crippen LogP contribution in [0.15, 0.2) is 48.5 Å². The molecule has 2 aromatic rings. The number of aliphatic carboxylic acids is 1. The molecule has 7 heteroatoms. The second-order valence-electron chi connectivity index (χ2n) is 6.63. The Kier molecular flexibility index (Phi) is 8.21. The van der Waals surface area contributed by atoms with Gasteiger partial charge in [0.15, 0.2) is 0 Å². The molecule has 0 radical (unpaired) electrons. The largest absolute Gasteiger partial charge is 0.496 e. The quantitative estimate of drug-likeness (QED) is 0.568. The molecule has 1 atom stereocenters. The first-order valence-corrected chi connectivity index (χ1v) is 9.37. The Labute approximate surface area is 170 Å². The van der Waals surface area contributed by atoms with Crippen LogP contribution in [0.4, 0.5) is 0 Å². The summed E-state index contributed by atoms with van der Waals surface area (Å²) < 4.78 is 5.26. The van der Waals surface area contributed by atoms with Gasteiger partial charge in [-0.2, -0.15) is 0 Å². The van der Waals surface area contributed by atoms with Crippen LogP contribution in [0.1, 0.15) is 27.9 Å². The maximum Gasteiger partial charge on any atom is 0.308 e. The van der Waals surface area contributed by atoms with Crippen molar-refractivity contribution in [3.8, 4) is 5.75 Å². The van der Waals surface area contributed by atoms with Crippen LogP contribution in [0.3, 0.4) is 0 Å². The Balaban J connectivity index is 1.89. The molecule has 1 unspecified atom stereocenters. The summed E-state index contributed by atoms with van der Waals surface area (Å²) >= 11 is 0. The number of aryl methyl sites for hydroxylation is 1. The van der Waals surface area contributed by atoms with Crippen molar-refractivity contribution in [2.45, 2.75) is 19.3 Å². The number of carbonyl (C=O) groups is 3. The van der Waals surface area contributed by atoms with E-state index < -0.39 is 11.9 Å².